The fraction of sp³-hybridized carbons (Fsp3) is 0.0556. The third kappa shape index (κ3) is 3.91. The highest BCUT2D eigenvalue weighted by Crippen LogP contribution is 2.22. The van der Waals surface area contributed by atoms with Gasteiger partial charge in [-0.2, -0.15) is 0 Å². The normalized spacial score (nSPS) is 10.1. The number of nitrogens with zero attached hydrogens (tertiary/aromatic N) is 2. The minimum Gasteiger partial charge on any atom is -0.456 e. The van der Waals surface area contributed by atoms with E-state index >= 15 is 0 Å². The predicted molar refractivity (Wildman–Crippen MR) is 87.7 cm³/mol. The molecular weight excluding hydrogens is 290 g/mol. The first-order valence-electron chi connectivity index (χ1n) is 7.13. The molecule has 0 saturated carbocycles. The molecule has 0 unspecified atom stereocenters. The lowest BCUT2D eigenvalue weighted by Crippen LogP contribution is -2.12. The first-order chi connectivity index (χ1) is 11.2. The fourth-order valence-corrected chi connectivity index (χ4v) is 2.06. The van der Waals surface area contributed by atoms with Crippen molar-refractivity contribution in [3.8, 4) is 11.5 Å². The van der Waals surface area contributed by atoms with Gasteiger partial charge in [0.25, 0.3) is 5.91 Å². The van der Waals surface area contributed by atoms with Crippen LogP contribution in [0.4, 0.5) is 5.82 Å². The Morgan fingerprint density at radius 3 is 2.74 bits per heavy atom. The Bertz CT molecular complexity index is 819. The summed E-state index contributed by atoms with van der Waals surface area (Å²) in [6, 6.07) is 14.4. The summed E-state index contributed by atoms with van der Waals surface area (Å²) in [6.07, 6.45) is 4.87. The molecule has 5 heteroatoms. The van der Waals surface area contributed by atoms with Crippen LogP contribution in [0.2, 0.25) is 0 Å². The summed E-state index contributed by atoms with van der Waals surface area (Å²) in [6.45, 7) is 1.94. The van der Waals surface area contributed by atoms with E-state index in [0.717, 1.165) is 5.56 Å². The van der Waals surface area contributed by atoms with Crippen LogP contribution in [0.15, 0.2) is 67.1 Å². The van der Waals surface area contributed by atoms with E-state index in [2.05, 4.69) is 15.3 Å². The first kappa shape index (κ1) is 14.7. The third-order valence-electron chi connectivity index (χ3n) is 3.12. The first-order valence-corrected chi connectivity index (χ1v) is 7.13. The highest BCUT2D eigenvalue weighted by atomic mass is 16.5. The SMILES string of the molecule is Cc1cccc(C(=O)Nc2cc(Oc3cccnc3)ccn2)c1. The number of rotatable bonds is 4. The van der Waals surface area contributed by atoms with Crippen LogP contribution >= 0.6 is 0 Å². The third-order valence-corrected chi connectivity index (χ3v) is 3.12. The van der Waals surface area contributed by atoms with Gasteiger partial charge in [0.2, 0.25) is 0 Å². The van der Waals surface area contributed by atoms with Gasteiger partial charge in [0.15, 0.2) is 0 Å². The molecule has 0 aliphatic rings. The molecule has 3 aromatic rings. The van der Waals surface area contributed by atoms with Crippen molar-refractivity contribution in [2.24, 2.45) is 0 Å². The minimum atomic E-state index is -0.209. The molecule has 23 heavy (non-hydrogen) atoms. The average Bonchev–Trinajstić information content (AvgIpc) is 2.56. The van der Waals surface area contributed by atoms with Crippen molar-refractivity contribution in [3.63, 3.8) is 0 Å². The topological polar surface area (TPSA) is 64.1 Å². The number of carbonyl (C=O) groups excluding carboxylic acids is 1. The van der Waals surface area contributed by atoms with Crippen molar-refractivity contribution in [2.75, 3.05) is 5.32 Å². The lowest BCUT2D eigenvalue weighted by molar-refractivity contribution is 0.102. The maximum atomic E-state index is 12.2. The smallest absolute Gasteiger partial charge is 0.256 e. The van der Waals surface area contributed by atoms with Crippen molar-refractivity contribution >= 4 is 11.7 Å². The highest BCUT2D eigenvalue weighted by Gasteiger charge is 2.08. The van der Waals surface area contributed by atoms with Crippen molar-refractivity contribution in [3.05, 3.63) is 78.2 Å². The number of amides is 1. The van der Waals surface area contributed by atoms with E-state index in [0.29, 0.717) is 22.9 Å². The molecule has 0 radical (unpaired) electrons. The number of aromatic nitrogens is 2. The molecule has 1 aromatic carbocycles. The highest BCUT2D eigenvalue weighted by molar-refractivity contribution is 6.03. The zero-order chi connectivity index (χ0) is 16.1. The molecular formula is C18H15N3O2. The zero-order valence-corrected chi connectivity index (χ0v) is 12.6. The van der Waals surface area contributed by atoms with E-state index in [4.69, 9.17) is 4.74 Å². The Morgan fingerprint density at radius 2 is 1.96 bits per heavy atom. The molecule has 5 nitrogen and oxygen atoms in total. The van der Waals surface area contributed by atoms with E-state index in [9.17, 15) is 4.79 Å². The van der Waals surface area contributed by atoms with E-state index in [1.165, 1.54) is 0 Å². The largest absolute Gasteiger partial charge is 0.456 e. The van der Waals surface area contributed by atoms with Crippen molar-refractivity contribution in [1.82, 2.24) is 9.97 Å². The summed E-state index contributed by atoms with van der Waals surface area (Å²) in [4.78, 5) is 20.4. The summed E-state index contributed by atoms with van der Waals surface area (Å²) >= 11 is 0. The molecule has 1 N–H and O–H groups in total. The minimum absolute atomic E-state index is 0.209. The van der Waals surface area contributed by atoms with Gasteiger partial charge in [0, 0.05) is 24.0 Å². The molecule has 0 fully saturated rings. The number of hydrogen-bond acceptors (Lipinski definition) is 4. The van der Waals surface area contributed by atoms with E-state index in [-0.39, 0.29) is 5.91 Å². The molecule has 0 spiro atoms. The molecule has 0 aliphatic carbocycles. The van der Waals surface area contributed by atoms with Gasteiger partial charge in [-0.25, -0.2) is 4.98 Å². The van der Waals surface area contributed by atoms with Gasteiger partial charge in [-0.05, 0) is 37.3 Å². The number of ether oxygens (including phenoxy) is 1. The number of hydrogen-bond donors (Lipinski definition) is 1. The summed E-state index contributed by atoms with van der Waals surface area (Å²) < 4.78 is 5.67. The lowest BCUT2D eigenvalue weighted by atomic mass is 10.1. The molecule has 0 saturated heterocycles. The summed E-state index contributed by atoms with van der Waals surface area (Å²) in [5.74, 6) is 1.42. The molecule has 2 aromatic heterocycles. The molecule has 0 atom stereocenters. The van der Waals surface area contributed by atoms with Gasteiger partial charge in [-0.1, -0.05) is 17.7 Å². The summed E-state index contributed by atoms with van der Waals surface area (Å²) in [7, 11) is 0. The molecule has 1 amide bonds. The molecule has 3 rings (SSSR count). The number of anilines is 1. The van der Waals surface area contributed by atoms with E-state index < -0.39 is 0 Å². The summed E-state index contributed by atoms with van der Waals surface area (Å²) in [5, 5.41) is 2.77. The number of aryl methyl sites for hydroxylation is 1. The van der Waals surface area contributed by atoms with Crippen LogP contribution in [0.3, 0.4) is 0 Å². The van der Waals surface area contributed by atoms with Crippen molar-refractivity contribution in [1.29, 1.82) is 0 Å². The molecule has 0 aliphatic heterocycles. The zero-order valence-electron chi connectivity index (χ0n) is 12.6. The second kappa shape index (κ2) is 6.70. The number of pyridine rings is 2. The number of benzene rings is 1. The van der Waals surface area contributed by atoms with Crippen molar-refractivity contribution < 1.29 is 9.53 Å². The second-order valence-corrected chi connectivity index (χ2v) is 4.99. The van der Waals surface area contributed by atoms with Crippen LogP contribution < -0.4 is 10.1 Å². The van der Waals surface area contributed by atoms with Gasteiger partial charge in [0.05, 0.1) is 6.20 Å². The van der Waals surface area contributed by atoms with Crippen LogP contribution in [0.5, 0.6) is 11.5 Å². The molecule has 114 valence electrons. The fourth-order valence-electron chi connectivity index (χ4n) is 2.06. The molecule has 2 heterocycles. The Labute approximate surface area is 134 Å². The van der Waals surface area contributed by atoms with Gasteiger partial charge in [-0.3, -0.25) is 9.78 Å². The van der Waals surface area contributed by atoms with Crippen LogP contribution in [0.1, 0.15) is 15.9 Å². The van der Waals surface area contributed by atoms with Crippen molar-refractivity contribution in [2.45, 2.75) is 6.92 Å². The Balaban J connectivity index is 1.74. The lowest BCUT2D eigenvalue weighted by Gasteiger charge is -2.08. The maximum Gasteiger partial charge on any atom is 0.256 e. The van der Waals surface area contributed by atoms with Gasteiger partial charge >= 0.3 is 0 Å². The Morgan fingerprint density at radius 1 is 1.04 bits per heavy atom. The van der Waals surface area contributed by atoms with Gasteiger partial charge in [-0.15, -0.1) is 0 Å². The van der Waals surface area contributed by atoms with Crippen LogP contribution in [-0.4, -0.2) is 15.9 Å². The van der Waals surface area contributed by atoms with E-state index in [1.807, 2.05) is 25.1 Å². The maximum absolute atomic E-state index is 12.2. The second-order valence-electron chi connectivity index (χ2n) is 4.99. The van der Waals surface area contributed by atoms with Crippen LogP contribution in [-0.2, 0) is 0 Å². The van der Waals surface area contributed by atoms with Crippen LogP contribution in [0.25, 0.3) is 0 Å². The monoisotopic (exact) mass is 305 g/mol. The van der Waals surface area contributed by atoms with Crippen LogP contribution in [0, 0.1) is 6.92 Å². The summed E-state index contributed by atoms with van der Waals surface area (Å²) in [5.41, 5.74) is 1.62. The Hall–Kier alpha value is -3.21. The van der Waals surface area contributed by atoms with Gasteiger partial charge < -0.3 is 10.1 Å². The Kier molecular flexibility index (Phi) is 4.29. The molecule has 0 bridgehead atoms. The quantitative estimate of drug-likeness (QED) is 0.795. The predicted octanol–water partition coefficient (Wildman–Crippen LogP) is 3.83. The number of nitrogens with one attached hydrogen (secondary N) is 1. The van der Waals surface area contributed by atoms with Gasteiger partial charge in [0.1, 0.15) is 17.3 Å². The number of carbonyl (C=O) groups is 1. The standard InChI is InChI=1S/C18H15N3O2/c1-13-4-2-5-14(10-13)18(22)21-17-11-15(7-9-20-17)23-16-6-3-8-19-12-16/h2-12H,1H3,(H,20,21,22). The van der Waals surface area contributed by atoms with E-state index in [1.54, 1.807) is 48.9 Å². The average molecular weight is 305 g/mol.